The van der Waals surface area contributed by atoms with E-state index in [1.807, 2.05) is 25.1 Å². The van der Waals surface area contributed by atoms with E-state index in [1.165, 1.54) is 7.05 Å². The number of amides is 3. The summed E-state index contributed by atoms with van der Waals surface area (Å²) < 4.78 is 5.37. The maximum absolute atomic E-state index is 11.7. The number of urea groups is 1. The smallest absolute Gasteiger partial charge is 0.321 e. The van der Waals surface area contributed by atoms with Crippen LogP contribution < -0.4 is 20.7 Å². The number of ether oxygens (including phenoxy) is 1. The number of imide groups is 1. The van der Waals surface area contributed by atoms with Crippen LogP contribution in [-0.2, 0) is 4.79 Å². The highest BCUT2D eigenvalue weighted by Gasteiger charge is 2.14. The number of rotatable bonds is 5. The molecule has 3 N–H and O–H groups in total. The zero-order chi connectivity index (χ0) is 14.3. The summed E-state index contributed by atoms with van der Waals surface area (Å²) >= 11 is 0. The van der Waals surface area contributed by atoms with Crippen LogP contribution in [0.4, 0.5) is 10.5 Å². The van der Waals surface area contributed by atoms with Crippen LogP contribution in [0.3, 0.4) is 0 Å². The van der Waals surface area contributed by atoms with Crippen molar-refractivity contribution in [2.75, 3.05) is 19.0 Å². The fraction of sp³-hybridized carbons (Fsp3) is 0.385. The highest BCUT2D eigenvalue weighted by atomic mass is 16.5. The van der Waals surface area contributed by atoms with E-state index in [0.29, 0.717) is 6.61 Å². The third-order valence-electron chi connectivity index (χ3n) is 2.39. The zero-order valence-electron chi connectivity index (χ0n) is 11.3. The number of hydrogen-bond donors (Lipinski definition) is 3. The van der Waals surface area contributed by atoms with E-state index in [-0.39, 0.29) is 0 Å². The van der Waals surface area contributed by atoms with E-state index >= 15 is 0 Å². The van der Waals surface area contributed by atoms with Crippen molar-refractivity contribution in [3.05, 3.63) is 24.3 Å². The van der Waals surface area contributed by atoms with Crippen LogP contribution in [0.2, 0.25) is 0 Å². The molecule has 6 heteroatoms. The highest BCUT2D eigenvalue weighted by Crippen LogP contribution is 2.17. The summed E-state index contributed by atoms with van der Waals surface area (Å²) in [5, 5.41) is 7.53. The lowest BCUT2D eigenvalue weighted by atomic mass is 10.2. The van der Waals surface area contributed by atoms with Gasteiger partial charge in [-0.25, -0.2) is 4.79 Å². The Balaban J connectivity index is 2.60. The fourth-order valence-corrected chi connectivity index (χ4v) is 1.44. The van der Waals surface area contributed by atoms with Crippen LogP contribution in [0, 0.1) is 0 Å². The van der Waals surface area contributed by atoms with E-state index in [2.05, 4.69) is 16.0 Å². The molecule has 0 aliphatic rings. The first-order chi connectivity index (χ1) is 9.06. The molecule has 0 radical (unpaired) electrons. The van der Waals surface area contributed by atoms with Gasteiger partial charge < -0.3 is 15.4 Å². The third-order valence-corrected chi connectivity index (χ3v) is 2.39. The van der Waals surface area contributed by atoms with Gasteiger partial charge in [-0.3, -0.25) is 10.1 Å². The van der Waals surface area contributed by atoms with Gasteiger partial charge in [0.05, 0.1) is 6.61 Å². The van der Waals surface area contributed by atoms with Crippen LogP contribution >= 0.6 is 0 Å². The van der Waals surface area contributed by atoms with Gasteiger partial charge in [-0.2, -0.15) is 0 Å². The predicted octanol–water partition coefficient (Wildman–Crippen LogP) is 1.34. The third kappa shape index (κ3) is 4.87. The van der Waals surface area contributed by atoms with Gasteiger partial charge in [0, 0.05) is 18.8 Å². The van der Waals surface area contributed by atoms with Crippen molar-refractivity contribution in [3.8, 4) is 5.75 Å². The minimum Gasteiger partial charge on any atom is -0.494 e. The van der Waals surface area contributed by atoms with Gasteiger partial charge in [-0.1, -0.05) is 6.07 Å². The molecule has 6 nitrogen and oxygen atoms in total. The van der Waals surface area contributed by atoms with Crippen molar-refractivity contribution in [2.45, 2.75) is 19.9 Å². The first kappa shape index (κ1) is 14.8. The standard InChI is InChI=1S/C13H19N3O3/c1-4-19-11-7-5-6-10(8-11)15-9(2)12(17)16-13(18)14-3/h5-9,15H,4H2,1-3H3,(H2,14,16,17,18). The summed E-state index contributed by atoms with van der Waals surface area (Å²) in [5.74, 6) is 0.326. The Morgan fingerprint density at radius 2 is 2.11 bits per heavy atom. The van der Waals surface area contributed by atoms with Crippen molar-refractivity contribution in [1.29, 1.82) is 0 Å². The second-order valence-electron chi connectivity index (χ2n) is 3.90. The van der Waals surface area contributed by atoms with Crippen LogP contribution in [0.15, 0.2) is 24.3 Å². The molecule has 3 amide bonds. The molecule has 0 fully saturated rings. The second kappa shape index (κ2) is 7.25. The molecule has 19 heavy (non-hydrogen) atoms. The Hall–Kier alpha value is -2.24. The van der Waals surface area contributed by atoms with E-state index in [1.54, 1.807) is 13.0 Å². The van der Waals surface area contributed by atoms with Crippen LogP contribution in [0.1, 0.15) is 13.8 Å². The number of benzene rings is 1. The molecule has 1 unspecified atom stereocenters. The molecule has 1 aromatic rings. The number of nitrogens with one attached hydrogen (secondary N) is 3. The van der Waals surface area contributed by atoms with E-state index in [9.17, 15) is 9.59 Å². The lowest BCUT2D eigenvalue weighted by Crippen LogP contribution is -2.44. The van der Waals surface area contributed by atoms with Gasteiger partial charge >= 0.3 is 6.03 Å². The number of hydrogen-bond acceptors (Lipinski definition) is 4. The molecule has 0 saturated carbocycles. The molecular formula is C13H19N3O3. The molecule has 104 valence electrons. The van der Waals surface area contributed by atoms with Gasteiger partial charge in [-0.15, -0.1) is 0 Å². The lowest BCUT2D eigenvalue weighted by molar-refractivity contribution is -0.120. The maximum Gasteiger partial charge on any atom is 0.321 e. The van der Waals surface area contributed by atoms with E-state index in [0.717, 1.165) is 11.4 Å². The second-order valence-corrected chi connectivity index (χ2v) is 3.90. The predicted molar refractivity (Wildman–Crippen MR) is 73.3 cm³/mol. The molecule has 0 spiro atoms. The van der Waals surface area contributed by atoms with Crippen molar-refractivity contribution < 1.29 is 14.3 Å². The van der Waals surface area contributed by atoms with Crippen LogP contribution in [0.5, 0.6) is 5.75 Å². The quantitative estimate of drug-likeness (QED) is 0.750. The maximum atomic E-state index is 11.7. The largest absolute Gasteiger partial charge is 0.494 e. The Morgan fingerprint density at radius 1 is 1.37 bits per heavy atom. The van der Waals surface area contributed by atoms with Gasteiger partial charge in [0.1, 0.15) is 11.8 Å². The summed E-state index contributed by atoms with van der Waals surface area (Å²) in [6.45, 7) is 4.15. The van der Waals surface area contributed by atoms with Gasteiger partial charge in [0.25, 0.3) is 0 Å². The molecule has 0 aliphatic heterocycles. The van der Waals surface area contributed by atoms with Gasteiger partial charge in [0.15, 0.2) is 0 Å². The average molecular weight is 265 g/mol. The summed E-state index contributed by atoms with van der Waals surface area (Å²) in [6.07, 6.45) is 0. The molecule has 0 aromatic heterocycles. The minimum atomic E-state index is -0.533. The Labute approximate surface area is 112 Å². The van der Waals surface area contributed by atoms with E-state index < -0.39 is 18.0 Å². The summed E-state index contributed by atoms with van der Waals surface area (Å²) in [5.41, 5.74) is 0.755. The summed E-state index contributed by atoms with van der Waals surface area (Å²) in [7, 11) is 1.45. The number of carbonyl (C=O) groups is 2. The first-order valence-electron chi connectivity index (χ1n) is 6.08. The SMILES string of the molecule is CCOc1cccc(NC(C)C(=O)NC(=O)NC)c1. The minimum absolute atomic E-state index is 0.402. The van der Waals surface area contributed by atoms with Gasteiger partial charge in [-0.05, 0) is 26.0 Å². The Morgan fingerprint density at radius 3 is 2.74 bits per heavy atom. The Bertz CT molecular complexity index is 449. The Kier molecular flexibility index (Phi) is 5.66. The monoisotopic (exact) mass is 265 g/mol. The van der Waals surface area contributed by atoms with Crippen LogP contribution in [-0.4, -0.2) is 31.6 Å². The van der Waals surface area contributed by atoms with Crippen molar-refractivity contribution in [3.63, 3.8) is 0 Å². The van der Waals surface area contributed by atoms with Crippen molar-refractivity contribution in [1.82, 2.24) is 10.6 Å². The van der Waals surface area contributed by atoms with E-state index in [4.69, 9.17) is 4.74 Å². The fourth-order valence-electron chi connectivity index (χ4n) is 1.44. The van der Waals surface area contributed by atoms with Crippen molar-refractivity contribution >= 4 is 17.6 Å². The highest BCUT2D eigenvalue weighted by molar-refractivity contribution is 5.97. The molecule has 0 bridgehead atoms. The molecule has 1 aromatic carbocycles. The zero-order valence-corrected chi connectivity index (χ0v) is 11.3. The molecule has 0 saturated heterocycles. The van der Waals surface area contributed by atoms with Crippen LogP contribution in [0.25, 0.3) is 0 Å². The first-order valence-corrected chi connectivity index (χ1v) is 6.08. The topological polar surface area (TPSA) is 79.5 Å². The normalized spacial score (nSPS) is 11.3. The average Bonchev–Trinajstić information content (AvgIpc) is 2.39. The number of anilines is 1. The molecular weight excluding hydrogens is 246 g/mol. The molecule has 0 heterocycles. The van der Waals surface area contributed by atoms with Crippen molar-refractivity contribution in [2.24, 2.45) is 0 Å². The summed E-state index contributed by atoms with van der Waals surface area (Å²) in [4.78, 5) is 22.7. The van der Waals surface area contributed by atoms with Gasteiger partial charge in [0.2, 0.25) is 5.91 Å². The lowest BCUT2D eigenvalue weighted by Gasteiger charge is -2.15. The molecule has 1 rings (SSSR count). The number of carbonyl (C=O) groups excluding carboxylic acids is 2. The molecule has 0 aliphatic carbocycles. The summed E-state index contributed by atoms with van der Waals surface area (Å²) in [6, 6.07) is 6.23. The molecule has 1 atom stereocenters.